The summed E-state index contributed by atoms with van der Waals surface area (Å²) in [6, 6.07) is 3.45. The minimum atomic E-state index is -0.602. The molecule has 2 nitrogen and oxygen atoms in total. The van der Waals surface area contributed by atoms with Crippen LogP contribution in [-0.2, 0) is 9.53 Å². The molecule has 0 spiro atoms. The zero-order valence-corrected chi connectivity index (χ0v) is 8.87. The summed E-state index contributed by atoms with van der Waals surface area (Å²) in [6.07, 6.45) is 0.585. The molecule has 2 rings (SSSR count). The number of halogens is 2. The summed E-state index contributed by atoms with van der Waals surface area (Å²) in [5, 5.41) is 0. The summed E-state index contributed by atoms with van der Waals surface area (Å²) >= 11 is 0. The molecule has 1 aromatic rings. The Morgan fingerprint density at radius 2 is 2.25 bits per heavy atom. The first-order valence-corrected chi connectivity index (χ1v) is 5.25. The largest absolute Gasteiger partial charge is 0.466 e. The molecule has 1 aliphatic rings. The van der Waals surface area contributed by atoms with Crippen molar-refractivity contribution < 1.29 is 18.3 Å². The summed E-state index contributed by atoms with van der Waals surface area (Å²) in [5.41, 5.74) is 0.402. The quantitative estimate of drug-likeness (QED) is 0.740. The van der Waals surface area contributed by atoms with E-state index in [0.29, 0.717) is 18.6 Å². The number of carbonyl (C=O) groups excluding carboxylic acids is 1. The number of esters is 1. The van der Waals surface area contributed by atoms with Gasteiger partial charge >= 0.3 is 5.97 Å². The maximum absolute atomic E-state index is 13.4. The molecule has 16 heavy (non-hydrogen) atoms. The van der Waals surface area contributed by atoms with Crippen LogP contribution in [0.3, 0.4) is 0 Å². The number of rotatable bonds is 3. The summed E-state index contributed by atoms with van der Waals surface area (Å²) in [7, 11) is 0. The molecule has 1 aromatic carbocycles. The third kappa shape index (κ3) is 2.05. The molecule has 2 atom stereocenters. The highest BCUT2D eigenvalue weighted by Gasteiger charge is 2.46. The maximum atomic E-state index is 13.4. The first kappa shape index (κ1) is 11.0. The van der Waals surface area contributed by atoms with Gasteiger partial charge < -0.3 is 4.74 Å². The second-order valence-corrected chi connectivity index (χ2v) is 3.87. The van der Waals surface area contributed by atoms with Crippen molar-refractivity contribution >= 4 is 5.97 Å². The average Bonchev–Trinajstić information content (AvgIpc) is 2.98. The van der Waals surface area contributed by atoms with E-state index in [4.69, 9.17) is 4.74 Å². The van der Waals surface area contributed by atoms with E-state index in [1.54, 1.807) is 6.92 Å². The summed E-state index contributed by atoms with van der Waals surface area (Å²) in [4.78, 5) is 11.3. The van der Waals surface area contributed by atoms with Crippen LogP contribution in [0.2, 0.25) is 0 Å². The Balaban J connectivity index is 2.08. The molecule has 1 saturated carbocycles. The Labute approximate surface area is 92.2 Å². The molecule has 0 saturated heterocycles. The lowest BCUT2D eigenvalue weighted by Crippen LogP contribution is -2.07. The van der Waals surface area contributed by atoms with Crippen molar-refractivity contribution in [1.82, 2.24) is 0 Å². The van der Waals surface area contributed by atoms with Gasteiger partial charge in [-0.25, -0.2) is 8.78 Å². The van der Waals surface area contributed by atoms with Crippen LogP contribution >= 0.6 is 0 Å². The van der Waals surface area contributed by atoms with E-state index in [0.717, 1.165) is 6.07 Å². The SMILES string of the molecule is CCOC(=O)C1CC1c1ccc(F)cc1F. The van der Waals surface area contributed by atoms with Gasteiger partial charge in [0.15, 0.2) is 0 Å². The molecule has 0 aromatic heterocycles. The van der Waals surface area contributed by atoms with Crippen LogP contribution < -0.4 is 0 Å². The molecule has 0 heterocycles. The minimum Gasteiger partial charge on any atom is -0.466 e. The molecule has 2 unspecified atom stereocenters. The number of hydrogen-bond acceptors (Lipinski definition) is 2. The Morgan fingerprint density at radius 3 is 2.88 bits per heavy atom. The summed E-state index contributed by atoms with van der Waals surface area (Å²) in [6.45, 7) is 2.06. The molecule has 4 heteroatoms. The number of benzene rings is 1. The lowest BCUT2D eigenvalue weighted by Gasteiger charge is -2.02. The van der Waals surface area contributed by atoms with Gasteiger partial charge in [0, 0.05) is 12.0 Å². The van der Waals surface area contributed by atoms with E-state index in [1.165, 1.54) is 12.1 Å². The maximum Gasteiger partial charge on any atom is 0.309 e. The standard InChI is InChI=1S/C12H12F2O2/c1-2-16-12(15)10-6-9(10)8-4-3-7(13)5-11(8)14/h3-5,9-10H,2,6H2,1H3. The lowest BCUT2D eigenvalue weighted by atomic mass is 10.1. The van der Waals surface area contributed by atoms with Crippen LogP contribution in [0.5, 0.6) is 0 Å². The predicted molar refractivity (Wildman–Crippen MR) is 53.8 cm³/mol. The second-order valence-electron chi connectivity index (χ2n) is 3.87. The van der Waals surface area contributed by atoms with Crippen molar-refractivity contribution in [3.8, 4) is 0 Å². The zero-order valence-electron chi connectivity index (χ0n) is 8.87. The molecule has 1 aliphatic carbocycles. The molecular weight excluding hydrogens is 214 g/mol. The average molecular weight is 226 g/mol. The molecule has 0 N–H and O–H groups in total. The molecule has 0 bridgehead atoms. The number of ether oxygens (including phenoxy) is 1. The molecule has 1 fully saturated rings. The van der Waals surface area contributed by atoms with Crippen LogP contribution in [0.15, 0.2) is 18.2 Å². The van der Waals surface area contributed by atoms with Crippen molar-refractivity contribution in [2.75, 3.05) is 6.61 Å². The van der Waals surface area contributed by atoms with Crippen molar-refractivity contribution in [3.63, 3.8) is 0 Å². The number of hydrogen-bond donors (Lipinski definition) is 0. The number of carbonyl (C=O) groups is 1. The van der Waals surface area contributed by atoms with Crippen LogP contribution in [0.25, 0.3) is 0 Å². The summed E-state index contributed by atoms with van der Waals surface area (Å²) < 4.78 is 30.9. The van der Waals surface area contributed by atoms with E-state index in [2.05, 4.69) is 0 Å². The first-order valence-electron chi connectivity index (χ1n) is 5.25. The zero-order chi connectivity index (χ0) is 11.7. The van der Waals surface area contributed by atoms with Crippen LogP contribution in [-0.4, -0.2) is 12.6 Å². The van der Waals surface area contributed by atoms with Gasteiger partial charge in [-0.3, -0.25) is 4.79 Å². The first-order chi connectivity index (χ1) is 7.63. The molecule has 0 aliphatic heterocycles. The summed E-state index contributed by atoms with van der Waals surface area (Å²) in [5.74, 6) is -1.90. The normalized spacial score (nSPS) is 22.9. The van der Waals surface area contributed by atoms with E-state index in [1.807, 2.05) is 0 Å². The second kappa shape index (κ2) is 4.20. The van der Waals surface area contributed by atoms with Gasteiger partial charge in [0.1, 0.15) is 11.6 Å². The highest BCUT2D eigenvalue weighted by molar-refractivity contribution is 5.77. The smallest absolute Gasteiger partial charge is 0.309 e. The van der Waals surface area contributed by atoms with Gasteiger partial charge in [-0.1, -0.05) is 6.07 Å². The molecule has 86 valence electrons. The monoisotopic (exact) mass is 226 g/mol. The highest BCUT2D eigenvalue weighted by Crippen LogP contribution is 2.48. The Morgan fingerprint density at radius 1 is 1.50 bits per heavy atom. The van der Waals surface area contributed by atoms with Gasteiger partial charge in [0.05, 0.1) is 12.5 Å². The predicted octanol–water partition coefficient (Wildman–Crippen LogP) is 2.63. The van der Waals surface area contributed by atoms with Crippen molar-refractivity contribution in [3.05, 3.63) is 35.4 Å². The highest BCUT2D eigenvalue weighted by atomic mass is 19.1. The van der Waals surface area contributed by atoms with Crippen molar-refractivity contribution in [2.45, 2.75) is 19.3 Å². The van der Waals surface area contributed by atoms with E-state index < -0.39 is 11.6 Å². The fourth-order valence-corrected chi connectivity index (χ4v) is 1.85. The van der Waals surface area contributed by atoms with Gasteiger partial charge in [0.25, 0.3) is 0 Å². The minimum absolute atomic E-state index is 0.153. The van der Waals surface area contributed by atoms with Crippen LogP contribution in [0.1, 0.15) is 24.8 Å². The van der Waals surface area contributed by atoms with E-state index in [-0.39, 0.29) is 17.8 Å². The fraction of sp³-hybridized carbons (Fsp3) is 0.417. The van der Waals surface area contributed by atoms with Gasteiger partial charge in [-0.05, 0) is 25.0 Å². The molecule has 0 radical (unpaired) electrons. The van der Waals surface area contributed by atoms with Crippen molar-refractivity contribution in [2.24, 2.45) is 5.92 Å². The van der Waals surface area contributed by atoms with E-state index in [9.17, 15) is 13.6 Å². The van der Waals surface area contributed by atoms with Crippen molar-refractivity contribution in [1.29, 1.82) is 0 Å². The fourth-order valence-electron chi connectivity index (χ4n) is 1.85. The lowest BCUT2D eigenvalue weighted by molar-refractivity contribution is -0.144. The van der Waals surface area contributed by atoms with Gasteiger partial charge in [0.2, 0.25) is 0 Å². The molecular formula is C12H12F2O2. The molecule has 0 amide bonds. The third-order valence-corrected chi connectivity index (χ3v) is 2.74. The Hall–Kier alpha value is -1.45. The van der Waals surface area contributed by atoms with Gasteiger partial charge in [-0.15, -0.1) is 0 Å². The van der Waals surface area contributed by atoms with Crippen LogP contribution in [0.4, 0.5) is 8.78 Å². The van der Waals surface area contributed by atoms with E-state index >= 15 is 0 Å². The topological polar surface area (TPSA) is 26.3 Å². The Bertz CT molecular complexity index is 417. The third-order valence-electron chi connectivity index (χ3n) is 2.74. The van der Waals surface area contributed by atoms with Crippen LogP contribution in [0, 0.1) is 17.6 Å². The van der Waals surface area contributed by atoms with Gasteiger partial charge in [-0.2, -0.15) is 0 Å². The Kier molecular flexibility index (Phi) is 2.90.